The van der Waals surface area contributed by atoms with E-state index < -0.39 is 0 Å². The van der Waals surface area contributed by atoms with E-state index in [-0.39, 0.29) is 5.91 Å². The normalized spacial score (nSPS) is 10.4. The van der Waals surface area contributed by atoms with Crippen LogP contribution in [-0.4, -0.2) is 30.4 Å². The van der Waals surface area contributed by atoms with E-state index in [9.17, 15) is 4.79 Å². The molecule has 0 saturated heterocycles. The minimum Gasteiger partial charge on any atom is -0.439 e. The summed E-state index contributed by atoms with van der Waals surface area (Å²) in [6.45, 7) is 0. The van der Waals surface area contributed by atoms with Gasteiger partial charge in [-0.3, -0.25) is 14.3 Å². The fourth-order valence-electron chi connectivity index (χ4n) is 2.36. The van der Waals surface area contributed by atoms with E-state index in [0.29, 0.717) is 28.7 Å². The third-order valence-corrected chi connectivity index (χ3v) is 3.65. The summed E-state index contributed by atoms with van der Waals surface area (Å²) in [4.78, 5) is 28.5. The lowest BCUT2D eigenvalue weighted by Crippen LogP contribution is -2.11. The molecule has 8 nitrogen and oxygen atoms in total. The smallest absolute Gasteiger partial charge is 0.255 e. The number of amides is 1. The van der Waals surface area contributed by atoms with Crippen molar-refractivity contribution < 1.29 is 9.53 Å². The van der Waals surface area contributed by atoms with Crippen molar-refractivity contribution in [3.8, 4) is 17.4 Å². The standard InChI is InChI=1S/C19H14N6O2/c26-19(24-15-2-1-7-20-11-15)14-3-5-16(6-4-14)27-18-10-17(22-12-23-18)25-9-8-21-13-25/h1-13H,(H,24,26). The minimum atomic E-state index is -0.223. The van der Waals surface area contributed by atoms with Gasteiger partial charge < -0.3 is 10.1 Å². The van der Waals surface area contributed by atoms with Gasteiger partial charge in [0.1, 0.15) is 24.2 Å². The van der Waals surface area contributed by atoms with E-state index in [0.717, 1.165) is 0 Å². The second-order valence-electron chi connectivity index (χ2n) is 5.51. The number of pyridine rings is 1. The van der Waals surface area contributed by atoms with Crippen LogP contribution in [0.25, 0.3) is 5.82 Å². The molecule has 1 aromatic carbocycles. The molecule has 0 aliphatic rings. The predicted octanol–water partition coefficient (Wildman–Crippen LogP) is 3.10. The molecule has 8 heteroatoms. The van der Waals surface area contributed by atoms with Crippen LogP contribution >= 0.6 is 0 Å². The molecule has 0 unspecified atom stereocenters. The van der Waals surface area contributed by atoms with Gasteiger partial charge in [-0.05, 0) is 36.4 Å². The van der Waals surface area contributed by atoms with Crippen molar-refractivity contribution in [1.82, 2.24) is 24.5 Å². The molecule has 0 aliphatic heterocycles. The number of benzene rings is 1. The van der Waals surface area contributed by atoms with Gasteiger partial charge in [0.2, 0.25) is 5.88 Å². The number of carbonyl (C=O) groups excluding carboxylic acids is 1. The number of aromatic nitrogens is 5. The number of carbonyl (C=O) groups is 1. The van der Waals surface area contributed by atoms with Gasteiger partial charge in [-0.25, -0.2) is 15.0 Å². The van der Waals surface area contributed by atoms with E-state index >= 15 is 0 Å². The number of rotatable bonds is 5. The molecule has 0 atom stereocenters. The van der Waals surface area contributed by atoms with Gasteiger partial charge in [-0.15, -0.1) is 0 Å². The summed E-state index contributed by atoms with van der Waals surface area (Å²) in [5.41, 5.74) is 1.14. The van der Waals surface area contributed by atoms with Crippen LogP contribution in [-0.2, 0) is 0 Å². The van der Waals surface area contributed by atoms with Crippen LogP contribution < -0.4 is 10.1 Å². The molecule has 4 aromatic rings. The highest BCUT2D eigenvalue weighted by molar-refractivity contribution is 6.04. The monoisotopic (exact) mass is 358 g/mol. The molecule has 4 rings (SSSR count). The van der Waals surface area contributed by atoms with E-state index in [1.54, 1.807) is 78.1 Å². The molecule has 0 aliphatic carbocycles. The Labute approximate surface area is 154 Å². The fraction of sp³-hybridized carbons (Fsp3) is 0. The zero-order valence-electron chi connectivity index (χ0n) is 14.1. The quantitative estimate of drug-likeness (QED) is 0.589. The number of ether oxygens (including phenoxy) is 1. The Balaban J connectivity index is 1.45. The molecule has 1 N–H and O–H groups in total. The highest BCUT2D eigenvalue weighted by Gasteiger charge is 2.08. The molecule has 0 bridgehead atoms. The van der Waals surface area contributed by atoms with E-state index in [4.69, 9.17) is 4.74 Å². The van der Waals surface area contributed by atoms with Crippen LogP contribution in [0.15, 0.2) is 79.9 Å². The summed E-state index contributed by atoms with van der Waals surface area (Å²) in [5, 5.41) is 2.78. The molecule has 132 valence electrons. The number of imidazole rings is 1. The fourth-order valence-corrected chi connectivity index (χ4v) is 2.36. The number of nitrogens with one attached hydrogen (secondary N) is 1. The maximum absolute atomic E-state index is 12.3. The molecule has 0 spiro atoms. The Bertz CT molecular complexity index is 1030. The maximum Gasteiger partial charge on any atom is 0.255 e. The van der Waals surface area contributed by atoms with Crippen LogP contribution in [0.2, 0.25) is 0 Å². The maximum atomic E-state index is 12.3. The van der Waals surface area contributed by atoms with Crippen molar-refractivity contribution >= 4 is 11.6 Å². The van der Waals surface area contributed by atoms with Gasteiger partial charge in [0.15, 0.2) is 0 Å². The van der Waals surface area contributed by atoms with Gasteiger partial charge >= 0.3 is 0 Å². The first-order valence-electron chi connectivity index (χ1n) is 8.07. The Morgan fingerprint density at radius 2 is 1.93 bits per heavy atom. The molecule has 3 aromatic heterocycles. The average molecular weight is 358 g/mol. The van der Waals surface area contributed by atoms with Gasteiger partial charge in [0.25, 0.3) is 5.91 Å². The second-order valence-corrected chi connectivity index (χ2v) is 5.51. The third kappa shape index (κ3) is 3.96. The third-order valence-electron chi connectivity index (χ3n) is 3.65. The zero-order valence-corrected chi connectivity index (χ0v) is 14.1. The Morgan fingerprint density at radius 1 is 1.04 bits per heavy atom. The molecule has 3 heterocycles. The first-order chi connectivity index (χ1) is 13.3. The number of hydrogen-bond acceptors (Lipinski definition) is 6. The van der Waals surface area contributed by atoms with Gasteiger partial charge in [-0.1, -0.05) is 0 Å². The summed E-state index contributed by atoms with van der Waals surface area (Å²) < 4.78 is 7.49. The molecular weight excluding hydrogens is 344 g/mol. The lowest BCUT2D eigenvalue weighted by atomic mass is 10.2. The van der Waals surface area contributed by atoms with Crippen LogP contribution in [0.1, 0.15) is 10.4 Å². The van der Waals surface area contributed by atoms with E-state index in [1.165, 1.54) is 6.33 Å². The zero-order chi connectivity index (χ0) is 18.5. The first-order valence-corrected chi connectivity index (χ1v) is 8.07. The van der Waals surface area contributed by atoms with Crippen molar-refractivity contribution in [3.63, 3.8) is 0 Å². The van der Waals surface area contributed by atoms with Crippen molar-refractivity contribution in [1.29, 1.82) is 0 Å². The SMILES string of the molecule is O=C(Nc1cccnc1)c1ccc(Oc2cc(-n3ccnc3)ncn2)cc1. The number of nitrogens with zero attached hydrogens (tertiary/aromatic N) is 5. The van der Waals surface area contributed by atoms with E-state index in [1.807, 2.05) is 0 Å². The van der Waals surface area contributed by atoms with Gasteiger partial charge in [0.05, 0.1) is 11.9 Å². The summed E-state index contributed by atoms with van der Waals surface area (Å²) >= 11 is 0. The number of anilines is 1. The predicted molar refractivity (Wildman–Crippen MR) is 97.9 cm³/mol. The van der Waals surface area contributed by atoms with Crippen molar-refractivity contribution in [2.75, 3.05) is 5.32 Å². The number of hydrogen-bond donors (Lipinski definition) is 1. The van der Waals surface area contributed by atoms with E-state index in [2.05, 4.69) is 25.3 Å². The molecule has 0 saturated carbocycles. The molecular formula is C19H14N6O2. The van der Waals surface area contributed by atoms with Crippen LogP contribution in [0.3, 0.4) is 0 Å². The van der Waals surface area contributed by atoms with Crippen LogP contribution in [0.5, 0.6) is 11.6 Å². The van der Waals surface area contributed by atoms with Crippen molar-refractivity contribution in [3.05, 3.63) is 85.5 Å². The highest BCUT2D eigenvalue weighted by Crippen LogP contribution is 2.21. The van der Waals surface area contributed by atoms with Crippen molar-refractivity contribution in [2.24, 2.45) is 0 Å². The lowest BCUT2D eigenvalue weighted by molar-refractivity contribution is 0.102. The van der Waals surface area contributed by atoms with Gasteiger partial charge in [-0.2, -0.15) is 0 Å². The van der Waals surface area contributed by atoms with Crippen LogP contribution in [0.4, 0.5) is 5.69 Å². The average Bonchev–Trinajstić information content (AvgIpc) is 3.24. The molecule has 1 amide bonds. The Kier molecular flexibility index (Phi) is 4.52. The summed E-state index contributed by atoms with van der Waals surface area (Å²) in [7, 11) is 0. The second kappa shape index (κ2) is 7.44. The Hall–Kier alpha value is -4.07. The largest absolute Gasteiger partial charge is 0.439 e. The summed E-state index contributed by atoms with van der Waals surface area (Å²) in [6, 6.07) is 12.0. The first kappa shape index (κ1) is 16.4. The molecule has 27 heavy (non-hydrogen) atoms. The topological polar surface area (TPSA) is 94.8 Å². The lowest BCUT2D eigenvalue weighted by Gasteiger charge is -2.08. The minimum absolute atomic E-state index is 0.223. The van der Waals surface area contributed by atoms with Crippen LogP contribution in [0, 0.1) is 0 Å². The summed E-state index contributed by atoms with van der Waals surface area (Å²) in [5.74, 6) is 1.37. The molecule has 0 fully saturated rings. The van der Waals surface area contributed by atoms with Crippen molar-refractivity contribution in [2.45, 2.75) is 0 Å². The highest BCUT2D eigenvalue weighted by atomic mass is 16.5. The molecule has 0 radical (unpaired) electrons. The summed E-state index contributed by atoms with van der Waals surface area (Å²) in [6.07, 6.45) is 9.73. The Morgan fingerprint density at radius 3 is 2.67 bits per heavy atom. The van der Waals surface area contributed by atoms with Gasteiger partial charge in [0, 0.05) is 30.2 Å².